The highest BCUT2D eigenvalue weighted by Gasteiger charge is 2.37. The van der Waals surface area contributed by atoms with E-state index in [2.05, 4.69) is 17.3 Å². The third kappa shape index (κ3) is 3.93. The van der Waals surface area contributed by atoms with Crippen molar-refractivity contribution in [1.29, 1.82) is 0 Å². The maximum absolute atomic E-state index is 12.4. The fourth-order valence-corrected chi connectivity index (χ4v) is 5.13. The van der Waals surface area contributed by atoms with Gasteiger partial charge in [0.1, 0.15) is 0 Å². The zero-order chi connectivity index (χ0) is 14.6. The van der Waals surface area contributed by atoms with E-state index in [0.717, 1.165) is 32.6 Å². The number of nitrogens with zero attached hydrogens (tertiary/aromatic N) is 2. The predicted octanol–water partition coefficient (Wildman–Crippen LogP) is 0.732. The summed E-state index contributed by atoms with van der Waals surface area (Å²) in [6, 6.07) is 0.594. The largest absolute Gasteiger partial charge is 0.317 e. The van der Waals surface area contributed by atoms with Crippen molar-refractivity contribution in [3.8, 4) is 0 Å². The topological polar surface area (TPSA) is 52.7 Å². The molecular formula is C14H29N3O2S. The lowest BCUT2D eigenvalue weighted by Crippen LogP contribution is -2.54. The van der Waals surface area contributed by atoms with Crippen molar-refractivity contribution in [2.45, 2.75) is 38.6 Å². The van der Waals surface area contributed by atoms with Gasteiger partial charge in [-0.2, -0.15) is 0 Å². The van der Waals surface area contributed by atoms with Crippen molar-refractivity contribution < 1.29 is 8.42 Å². The third-order valence-electron chi connectivity index (χ3n) is 4.71. The second kappa shape index (κ2) is 7.20. The van der Waals surface area contributed by atoms with E-state index in [-0.39, 0.29) is 5.75 Å². The first-order chi connectivity index (χ1) is 9.54. The fourth-order valence-electron chi connectivity index (χ4n) is 3.56. The molecule has 0 aromatic heterocycles. The summed E-state index contributed by atoms with van der Waals surface area (Å²) in [7, 11) is -0.879. The molecule has 1 N–H and O–H groups in total. The molecule has 118 valence electrons. The van der Waals surface area contributed by atoms with Crippen LogP contribution in [0.4, 0.5) is 0 Å². The number of fused-ring (bicyclic) bond motifs is 1. The molecule has 2 aliphatic heterocycles. The van der Waals surface area contributed by atoms with E-state index in [1.54, 1.807) is 4.31 Å². The molecule has 2 heterocycles. The molecule has 2 rings (SSSR count). The minimum atomic E-state index is -3.06. The van der Waals surface area contributed by atoms with Crippen molar-refractivity contribution in [2.24, 2.45) is 5.92 Å². The van der Waals surface area contributed by atoms with Crippen molar-refractivity contribution in [3.05, 3.63) is 0 Å². The van der Waals surface area contributed by atoms with E-state index in [1.807, 2.05) is 6.92 Å². The molecule has 0 aromatic rings. The highest BCUT2D eigenvalue weighted by atomic mass is 32.2. The van der Waals surface area contributed by atoms with Gasteiger partial charge in [0.2, 0.25) is 10.0 Å². The van der Waals surface area contributed by atoms with Crippen LogP contribution in [0.25, 0.3) is 0 Å². The summed E-state index contributed by atoms with van der Waals surface area (Å²) in [6.45, 7) is 6.33. The molecule has 20 heavy (non-hydrogen) atoms. The zero-order valence-electron chi connectivity index (χ0n) is 12.8. The van der Waals surface area contributed by atoms with Crippen LogP contribution in [0.15, 0.2) is 0 Å². The van der Waals surface area contributed by atoms with Crippen LogP contribution in [-0.4, -0.2) is 69.2 Å². The van der Waals surface area contributed by atoms with Gasteiger partial charge in [-0.25, -0.2) is 12.7 Å². The fraction of sp³-hybridized carbons (Fsp3) is 1.00. The standard InChI is InChI=1S/C14H29N3O2S/c1-3-15-8-5-11-20(18,19)17-10-7-14-13(12-17)6-4-9-16(14)2/h13-15H,3-12H2,1-2H3. The second-order valence-corrected chi connectivity index (χ2v) is 8.21. The molecule has 5 nitrogen and oxygen atoms in total. The maximum Gasteiger partial charge on any atom is 0.214 e. The van der Waals surface area contributed by atoms with Crippen LogP contribution < -0.4 is 5.32 Å². The molecule has 0 spiro atoms. The second-order valence-electron chi connectivity index (χ2n) is 6.12. The molecule has 2 unspecified atom stereocenters. The van der Waals surface area contributed by atoms with Gasteiger partial charge in [-0.05, 0) is 58.3 Å². The van der Waals surface area contributed by atoms with E-state index in [0.29, 0.717) is 24.9 Å². The first-order valence-corrected chi connectivity index (χ1v) is 9.54. The maximum atomic E-state index is 12.4. The van der Waals surface area contributed by atoms with Crippen LogP contribution >= 0.6 is 0 Å². The van der Waals surface area contributed by atoms with Crippen LogP contribution in [0, 0.1) is 5.92 Å². The Morgan fingerprint density at radius 3 is 2.80 bits per heavy atom. The van der Waals surface area contributed by atoms with E-state index in [1.165, 1.54) is 12.8 Å². The summed E-state index contributed by atoms with van der Waals surface area (Å²) in [5.74, 6) is 0.818. The van der Waals surface area contributed by atoms with Crippen molar-refractivity contribution in [1.82, 2.24) is 14.5 Å². The van der Waals surface area contributed by atoms with Crippen molar-refractivity contribution >= 4 is 10.0 Å². The molecule has 6 heteroatoms. The average Bonchev–Trinajstić information content (AvgIpc) is 2.43. The van der Waals surface area contributed by atoms with Gasteiger partial charge in [0.05, 0.1) is 5.75 Å². The van der Waals surface area contributed by atoms with E-state index in [9.17, 15) is 8.42 Å². The summed E-state index contributed by atoms with van der Waals surface area (Å²) < 4.78 is 26.5. The lowest BCUT2D eigenvalue weighted by molar-refractivity contribution is 0.0671. The number of nitrogens with one attached hydrogen (secondary N) is 1. The van der Waals surface area contributed by atoms with Gasteiger partial charge in [-0.15, -0.1) is 0 Å². The number of piperidine rings is 2. The quantitative estimate of drug-likeness (QED) is 0.735. The average molecular weight is 303 g/mol. The van der Waals surface area contributed by atoms with Gasteiger partial charge < -0.3 is 10.2 Å². The number of hydrogen-bond donors (Lipinski definition) is 1. The van der Waals surface area contributed by atoms with Gasteiger partial charge >= 0.3 is 0 Å². The van der Waals surface area contributed by atoms with Gasteiger partial charge in [0, 0.05) is 19.1 Å². The number of hydrogen-bond acceptors (Lipinski definition) is 4. The van der Waals surface area contributed by atoms with E-state index < -0.39 is 10.0 Å². The molecule has 0 radical (unpaired) electrons. The summed E-state index contributed by atoms with van der Waals surface area (Å²) >= 11 is 0. The van der Waals surface area contributed by atoms with Crippen LogP contribution in [0.2, 0.25) is 0 Å². The Balaban J connectivity index is 1.87. The highest BCUT2D eigenvalue weighted by molar-refractivity contribution is 7.89. The van der Waals surface area contributed by atoms with Gasteiger partial charge in [0.25, 0.3) is 0 Å². The Hall–Kier alpha value is -0.170. The molecule has 2 fully saturated rings. The molecule has 2 saturated heterocycles. The smallest absolute Gasteiger partial charge is 0.214 e. The van der Waals surface area contributed by atoms with Gasteiger partial charge in [-0.1, -0.05) is 6.92 Å². The number of sulfonamides is 1. The first-order valence-electron chi connectivity index (χ1n) is 7.93. The molecular weight excluding hydrogens is 274 g/mol. The predicted molar refractivity (Wildman–Crippen MR) is 82.3 cm³/mol. The minimum Gasteiger partial charge on any atom is -0.317 e. The lowest BCUT2D eigenvalue weighted by Gasteiger charge is -2.45. The third-order valence-corrected chi connectivity index (χ3v) is 6.63. The summed E-state index contributed by atoms with van der Waals surface area (Å²) in [6.07, 6.45) is 4.08. The van der Waals surface area contributed by atoms with E-state index in [4.69, 9.17) is 0 Å². The minimum absolute atomic E-state index is 0.285. The number of likely N-dealkylation sites (tertiary alicyclic amines) is 1. The Labute approximate surface area is 123 Å². The zero-order valence-corrected chi connectivity index (χ0v) is 13.7. The Morgan fingerprint density at radius 1 is 1.25 bits per heavy atom. The molecule has 0 aliphatic carbocycles. The van der Waals surface area contributed by atoms with E-state index >= 15 is 0 Å². The molecule has 0 bridgehead atoms. The molecule has 2 aliphatic rings. The summed E-state index contributed by atoms with van der Waals surface area (Å²) in [4.78, 5) is 2.42. The Bertz CT molecular complexity index is 399. The van der Waals surface area contributed by atoms with Crippen LogP contribution in [0.3, 0.4) is 0 Å². The summed E-state index contributed by atoms with van der Waals surface area (Å²) in [5, 5.41) is 3.19. The van der Waals surface area contributed by atoms with Gasteiger partial charge in [0.15, 0.2) is 0 Å². The van der Waals surface area contributed by atoms with Gasteiger partial charge in [-0.3, -0.25) is 0 Å². The lowest BCUT2D eigenvalue weighted by atomic mass is 9.85. The van der Waals surface area contributed by atoms with Crippen molar-refractivity contribution in [2.75, 3.05) is 45.5 Å². The highest BCUT2D eigenvalue weighted by Crippen LogP contribution is 2.30. The summed E-state index contributed by atoms with van der Waals surface area (Å²) in [5.41, 5.74) is 0. The van der Waals surface area contributed by atoms with Crippen LogP contribution in [-0.2, 0) is 10.0 Å². The molecule has 0 aromatic carbocycles. The molecule has 2 atom stereocenters. The molecule has 0 amide bonds. The normalized spacial score (nSPS) is 29.3. The van der Waals surface area contributed by atoms with Crippen molar-refractivity contribution in [3.63, 3.8) is 0 Å². The first kappa shape index (κ1) is 16.2. The monoisotopic (exact) mass is 303 g/mol. The molecule has 0 saturated carbocycles. The Morgan fingerprint density at radius 2 is 2.05 bits per heavy atom. The Kier molecular flexibility index (Phi) is 5.84. The van der Waals surface area contributed by atoms with Crippen LogP contribution in [0.1, 0.15) is 32.6 Å². The SMILES string of the molecule is CCNCCCS(=O)(=O)N1CCC2C(CCCN2C)C1. The number of rotatable bonds is 6. The van der Waals surface area contributed by atoms with Crippen LogP contribution in [0.5, 0.6) is 0 Å².